The normalized spacial score (nSPS) is 10.7. The Balaban J connectivity index is 1.73. The molecule has 23 heavy (non-hydrogen) atoms. The highest BCUT2D eigenvalue weighted by molar-refractivity contribution is 5.61. The molecule has 0 N–H and O–H groups in total. The third-order valence-corrected chi connectivity index (χ3v) is 3.64. The molecular formula is C19H21N2O2+. The first-order valence-electron chi connectivity index (χ1n) is 7.91. The molecule has 2 heterocycles. The van der Waals surface area contributed by atoms with Crippen molar-refractivity contribution in [2.45, 2.75) is 19.8 Å². The summed E-state index contributed by atoms with van der Waals surface area (Å²) in [5.74, 6) is 2.27. The zero-order chi connectivity index (χ0) is 16.1. The van der Waals surface area contributed by atoms with Gasteiger partial charge in [-0.1, -0.05) is 13.3 Å². The Hall–Kier alpha value is -2.62. The number of nitrogens with zero attached hydrogens (tertiary/aromatic N) is 2. The van der Waals surface area contributed by atoms with Gasteiger partial charge in [-0.15, -0.1) is 0 Å². The predicted molar refractivity (Wildman–Crippen MR) is 89.0 cm³/mol. The summed E-state index contributed by atoms with van der Waals surface area (Å²) in [4.78, 5) is 4.37. The maximum Gasteiger partial charge on any atom is 0.227 e. The third kappa shape index (κ3) is 3.77. The van der Waals surface area contributed by atoms with Crippen LogP contribution in [0.4, 0.5) is 0 Å². The Kier molecular flexibility index (Phi) is 4.71. The minimum absolute atomic E-state index is 0.629. The van der Waals surface area contributed by atoms with E-state index in [0.29, 0.717) is 5.89 Å². The van der Waals surface area contributed by atoms with E-state index in [2.05, 4.69) is 11.9 Å². The molecule has 3 aromatic rings. The van der Waals surface area contributed by atoms with Crippen LogP contribution in [0.15, 0.2) is 59.4 Å². The molecular weight excluding hydrogens is 288 g/mol. The third-order valence-electron chi connectivity index (χ3n) is 3.64. The number of ether oxygens (including phenoxy) is 1. The van der Waals surface area contributed by atoms with Crippen LogP contribution in [0.1, 0.15) is 19.8 Å². The van der Waals surface area contributed by atoms with Crippen molar-refractivity contribution in [3.63, 3.8) is 0 Å². The van der Waals surface area contributed by atoms with Gasteiger partial charge in [0.1, 0.15) is 12.8 Å². The number of hydrogen-bond acceptors (Lipinski definition) is 3. The maximum atomic E-state index is 5.87. The van der Waals surface area contributed by atoms with Crippen LogP contribution >= 0.6 is 0 Å². The lowest BCUT2D eigenvalue weighted by Gasteiger charge is -2.05. The zero-order valence-corrected chi connectivity index (χ0v) is 13.5. The first-order chi connectivity index (χ1) is 11.3. The van der Waals surface area contributed by atoms with E-state index >= 15 is 0 Å². The smallest absolute Gasteiger partial charge is 0.227 e. The van der Waals surface area contributed by atoms with Crippen LogP contribution in [0.25, 0.3) is 22.8 Å². The highest BCUT2D eigenvalue weighted by Crippen LogP contribution is 2.27. The second kappa shape index (κ2) is 7.09. The second-order valence-electron chi connectivity index (χ2n) is 5.51. The number of oxazole rings is 1. The fourth-order valence-electron chi connectivity index (χ4n) is 2.23. The molecule has 0 saturated heterocycles. The van der Waals surface area contributed by atoms with Gasteiger partial charge in [0.25, 0.3) is 0 Å². The summed E-state index contributed by atoms with van der Waals surface area (Å²) in [7, 11) is 1.98. The van der Waals surface area contributed by atoms with E-state index in [9.17, 15) is 0 Å². The predicted octanol–water partition coefficient (Wildman–Crippen LogP) is 4.01. The van der Waals surface area contributed by atoms with Crippen molar-refractivity contribution < 1.29 is 13.7 Å². The number of rotatable bonds is 6. The van der Waals surface area contributed by atoms with Gasteiger partial charge in [0, 0.05) is 23.3 Å². The molecule has 0 radical (unpaired) electrons. The molecule has 0 bridgehead atoms. The molecule has 0 aliphatic heterocycles. The van der Waals surface area contributed by atoms with Crippen LogP contribution < -0.4 is 9.30 Å². The summed E-state index contributed by atoms with van der Waals surface area (Å²) in [6, 6.07) is 11.9. The second-order valence-corrected chi connectivity index (χ2v) is 5.51. The molecule has 0 aliphatic rings. The summed E-state index contributed by atoms with van der Waals surface area (Å²) in [6.45, 7) is 2.91. The maximum absolute atomic E-state index is 5.87. The van der Waals surface area contributed by atoms with Gasteiger partial charge in [-0.3, -0.25) is 0 Å². The number of aryl methyl sites for hydroxylation is 1. The van der Waals surface area contributed by atoms with E-state index in [-0.39, 0.29) is 0 Å². The van der Waals surface area contributed by atoms with Gasteiger partial charge < -0.3 is 9.15 Å². The van der Waals surface area contributed by atoms with Gasteiger partial charge in [-0.25, -0.2) is 9.55 Å². The van der Waals surface area contributed by atoms with Crippen molar-refractivity contribution in [1.82, 2.24) is 4.98 Å². The van der Waals surface area contributed by atoms with Crippen LogP contribution in [0.5, 0.6) is 5.75 Å². The van der Waals surface area contributed by atoms with Gasteiger partial charge in [-0.2, -0.15) is 0 Å². The van der Waals surface area contributed by atoms with E-state index in [1.165, 1.54) is 0 Å². The van der Waals surface area contributed by atoms with E-state index in [4.69, 9.17) is 9.15 Å². The first kappa shape index (κ1) is 15.3. The van der Waals surface area contributed by atoms with E-state index in [1.54, 1.807) is 6.20 Å². The Labute approximate surface area is 136 Å². The Bertz CT molecular complexity index is 746. The molecule has 0 spiro atoms. The highest BCUT2D eigenvalue weighted by atomic mass is 16.5. The van der Waals surface area contributed by atoms with Crippen molar-refractivity contribution in [3.05, 3.63) is 55.0 Å². The minimum atomic E-state index is 0.629. The zero-order valence-electron chi connectivity index (χ0n) is 13.5. The number of aromatic nitrogens is 2. The molecule has 4 nitrogen and oxygen atoms in total. The summed E-state index contributed by atoms with van der Waals surface area (Å²) in [5, 5.41) is 0. The Morgan fingerprint density at radius 2 is 1.78 bits per heavy atom. The lowest BCUT2D eigenvalue weighted by Crippen LogP contribution is -2.25. The summed E-state index contributed by atoms with van der Waals surface area (Å²) in [6.07, 6.45) is 7.91. The number of pyridine rings is 1. The van der Waals surface area contributed by atoms with Crippen molar-refractivity contribution in [3.8, 4) is 28.5 Å². The van der Waals surface area contributed by atoms with Gasteiger partial charge in [0.05, 0.1) is 12.8 Å². The molecule has 0 unspecified atom stereocenters. The Morgan fingerprint density at radius 1 is 1.04 bits per heavy atom. The largest absolute Gasteiger partial charge is 0.494 e. The average Bonchev–Trinajstić information content (AvgIpc) is 3.06. The molecule has 2 aromatic heterocycles. The van der Waals surface area contributed by atoms with Gasteiger partial charge >= 0.3 is 0 Å². The molecule has 0 fully saturated rings. The molecule has 1 aromatic carbocycles. The molecule has 118 valence electrons. The van der Waals surface area contributed by atoms with Crippen LogP contribution in [0.2, 0.25) is 0 Å². The molecule has 0 aliphatic carbocycles. The van der Waals surface area contributed by atoms with Crippen LogP contribution in [-0.4, -0.2) is 11.6 Å². The van der Waals surface area contributed by atoms with Crippen molar-refractivity contribution in [2.24, 2.45) is 7.05 Å². The summed E-state index contributed by atoms with van der Waals surface area (Å²) < 4.78 is 13.5. The van der Waals surface area contributed by atoms with Crippen LogP contribution in [0.3, 0.4) is 0 Å². The summed E-state index contributed by atoms with van der Waals surface area (Å²) >= 11 is 0. The fourth-order valence-corrected chi connectivity index (χ4v) is 2.23. The fraction of sp³-hybridized carbons (Fsp3) is 0.263. The highest BCUT2D eigenvalue weighted by Gasteiger charge is 2.09. The van der Waals surface area contributed by atoms with E-state index in [0.717, 1.165) is 42.1 Å². The average molecular weight is 309 g/mol. The first-order valence-corrected chi connectivity index (χ1v) is 7.91. The topological polar surface area (TPSA) is 39.1 Å². The monoisotopic (exact) mass is 309 g/mol. The van der Waals surface area contributed by atoms with Crippen molar-refractivity contribution in [2.75, 3.05) is 6.61 Å². The van der Waals surface area contributed by atoms with Crippen LogP contribution in [0, 0.1) is 0 Å². The molecule has 0 amide bonds. The van der Waals surface area contributed by atoms with Crippen molar-refractivity contribution in [1.29, 1.82) is 0 Å². The number of hydrogen-bond donors (Lipinski definition) is 0. The van der Waals surface area contributed by atoms with Gasteiger partial charge in [-0.05, 0) is 30.7 Å². The van der Waals surface area contributed by atoms with E-state index in [1.807, 2.05) is 60.4 Å². The lowest BCUT2D eigenvalue weighted by atomic mass is 10.2. The molecule has 3 rings (SSSR count). The number of benzene rings is 1. The Morgan fingerprint density at radius 3 is 2.48 bits per heavy atom. The van der Waals surface area contributed by atoms with Gasteiger partial charge in [0.2, 0.25) is 5.89 Å². The minimum Gasteiger partial charge on any atom is -0.494 e. The van der Waals surface area contributed by atoms with Gasteiger partial charge in [0.15, 0.2) is 18.2 Å². The van der Waals surface area contributed by atoms with Crippen LogP contribution in [-0.2, 0) is 7.05 Å². The quantitative estimate of drug-likeness (QED) is 0.510. The van der Waals surface area contributed by atoms with Crippen molar-refractivity contribution >= 4 is 0 Å². The number of unbranched alkanes of at least 4 members (excludes halogenated alkanes) is 1. The molecule has 0 saturated carbocycles. The standard InChI is InChI=1S/C19H21N2O2/c1-3-4-13-22-17-7-5-15(6-8-17)18-14-20-19(23-18)16-9-11-21(2)12-10-16/h5-12,14H,3-4,13H2,1-2H3/q+1. The van der Waals surface area contributed by atoms with E-state index < -0.39 is 0 Å². The lowest BCUT2D eigenvalue weighted by molar-refractivity contribution is -0.671. The SMILES string of the molecule is CCCCOc1ccc(-c2cnc(-c3cc[n+](C)cc3)o2)cc1. The summed E-state index contributed by atoms with van der Waals surface area (Å²) in [5.41, 5.74) is 1.96. The molecule has 0 atom stereocenters. The molecule has 4 heteroatoms.